The second kappa shape index (κ2) is 4.97. The molecular weight excluding hydrogens is 213 g/mol. The van der Waals surface area contributed by atoms with Gasteiger partial charge in [0.1, 0.15) is 19.0 Å². The van der Waals surface area contributed by atoms with E-state index in [1.165, 1.54) is 6.26 Å². The van der Waals surface area contributed by atoms with Gasteiger partial charge >= 0.3 is 6.18 Å². The summed E-state index contributed by atoms with van der Waals surface area (Å²) in [6.07, 6.45) is -3.06. The van der Waals surface area contributed by atoms with Crippen molar-refractivity contribution in [1.82, 2.24) is 0 Å². The van der Waals surface area contributed by atoms with Crippen molar-refractivity contribution < 1.29 is 27.1 Å². The van der Waals surface area contributed by atoms with E-state index in [4.69, 9.17) is 4.42 Å². The number of furan rings is 1. The van der Waals surface area contributed by atoms with Gasteiger partial charge < -0.3 is 9.15 Å². The lowest BCUT2D eigenvalue weighted by atomic mass is 10.2. The molecule has 0 radical (unpaired) electrons. The fraction of sp³-hybridized carbons (Fsp3) is 0.444. The number of Topliss-reactive ketones (excluding diaryl/α,β-unsaturated/α-hetero) is 1. The number of alkyl halides is 3. The number of halogens is 3. The van der Waals surface area contributed by atoms with Gasteiger partial charge in [0.15, 0.2) is 5.78 Å². The van der Waals surface area contributed by atoms with E-state index in [-0.39, 0.29) is 6.42 Å². The summed E-state index contributed by atoms with van der Waals surface area (Å²) >= 11 is 0. The van der Waals surface area contributed by atoms with Gasteiger partial charge in [-0.15, -0.1) is 0 Å². The van der Waals surface area contributed by atoms with Crippen LogP contribution < -0.4 is 0 Å². The van der Waals surface area contributed by atoms with Crippen LogP contribution in [0.15, 0.2) is 22.8 Å². The number of ether oxygens (including phenoxy) is 1. The maximum atomic E-state index is 11.6. The largest absolute Gasteiger partial charge is 0.469 e. The first kappa shape index (κ1) is 11.8. The van der Waals surface area contributed by atoms with Crippen molar-refractivity contribution in [3.63, 3.8) is 0 Å². The highest BCUT2D eigenvalue weighted by molar-refractivity contribution is 5.81. The third-order valence-corrected chi connectivity index (χ3v) is 1.48. The summed E-state index contributed by atoms with van der Waals surface area (Å²) in [5.74, 6) is -0.0372. The van der Waals surface area contributed by atoms with E-state index in [0.717, 1.165) is 0 Å². The smallest absolute Gasteiger partial charge is 0.411 e. The molecule has 0 aliphatic heterocycles. The number of carbonyl (C=O) groups is 1. The molecule has 0 unspecified atom stereocenters. The molecular formula is C9H9F3O3. The van der Waals surface area contributed by atoms with Gasteiger partial charge in [0.25, 0.3) is 0 Å². The Balaban J connectivity index is 2.20. The second-order valence-corrected chi connectivity index (χ2v) is 2.90. The maximum absolute atomic E-state index is 11.6. The molecule has 0 atom stereocenters. The SMILES string of the molecule is O=C(COCC(F)(F)F)Cc1ccco1. The van der Waals surface area contributed by atoms with Gasteiger partial charge in [-0.05, 0) is 12.1 Å². The van der Waals surface area contributed by atoms with Crippen molar-refractivity contribution >= 4 is 5.78 Å². The van der Waals surface area contributed by atoms with Gasteiger partial charge in [-0.2, -0.15) is 13.2 Å². The van der Waals surface area contributed by atoms with Crippen LogP contribution in [-0.4, -0.2) is 25.2 Å². The molecule has 0 amide bonds. The van der Waals surface area contributed by atoms with E-state index in [0.29, 0.717) is 5.76 Å². The van der Waals surface area contributed by atoms with Gasteiger partial charge in [-0.25, -0.2) is 0 Å². The summed E-state index contributed by atoms with van der Waals surface area (Å²) in [4.78, 5) is 11.0. The molecule has 0 bridgehead atoms. The lowest BCUT2D eigenvalue weighted by Crippen LogP contribution is -2.21. The predicted molar refractivity (Wildman–Crippen MR) is 44.3 cm³/mol. The predicted octanol–water partition coefficient (Wildman–Crippen LogP) is 1.97. The fourth-order valence-corrected chi connectivity index (χ4v) is 0.939. The van der Waals surface area contributed by atoms with Crippen LogP contribution >= 0.6 is 0 Å². The molecule has 1 heterocycles. The van der Waals surface area contributed by atoms with Crippen molar-refractivity contribution in [3.05, 3.63) is 24.2 Å². The van der Waals surface area contributed by atoms with Crippen LogP contribution in [0.3, 0.4) is 0 Å². The Morgan fingerprint density at radius 3 is 2.73 bits per heavy atom. The molecule has 0 saturated heterocycles. The fourth-order valence-electron chi connectivity index (χ4n) is 0.939. The zero-order valence-corrected chi connectivity index (χ0v) is 7.71. The van der Waals surface area contributed by atoms with Crippen molar-refractivity contribution in [2.45, 2.75) is 12.6 Å². The minimum atomic E-state index is -4.40. The molecule has 0 aliphatic carbocycles. The molecule has 3 nitrogen and oxygen atoms in total. The van der Waals surface area contributed by atoms with Gasteiger partial charge in [0.05, 0.1) is 12.7 Å². The minimum Gasteiger partial charge on any atom is -0.469 e. The summed E-state index contributed by atoms with van der Waals surface area (Å²) in [7, 11) is 0. The van der Waals surface area contributed by atoms with E-state index in [1.54, 1.807) is 12.1 Å². The van der Waals surface area contributed by atoms with Crippen LogP contribution in [0.1, 0.15) is 5.76 Å². The van der Waals surface area contributed by atoms with Crippen LogP contribution in [-0.2, 0) is 16.0 Å². The van der Waals surface area contributed by atoms with Crippen molar-refractivity contribution in [2.75, 3.05) is 13.2 Å². The molecule has 0 N–H and O–H groups in total. The van der Waals surface area contributed by atoms with Crippen LogP contribution in [0.5, 0.6) is 0 Å². The summed E-state index contributed by atoms with van der Waals surface area (Å²) in [5, 5.41) is 0. The van der Waals surface area contributed by atoms with Crippen molar-refractivity contribution in [1.29, 1.82) is 0 Å². The Kier molecular flexibility index (Phi) is 3.90. The quantitative estimate of drug-likeness (QED) is 0.764. The Labute approximate surface area is 83.8 Å². The lowest BCUT2D eigenvalue weighted by Gasteiger charge is -2.06. The van der Waals surface area contributed by atoms with E-state index in [2.05, 4.69) is 4.74 Å². The Morgan fingerprint density at radius 2 is 2.20 bits per heavy atom. The summed E-state index contributed by atoms with van der Waals surface area (Å²) in [5.41, 5.74) is 0. The molecule has 1 aromatic heterocycles. The van der Waals surface area contributed by atoms with Gasteiger partial charge in [-0.3, -0.25) is 4.79 Å². The molecule has 0 fully saturated rings. The van der Waals surface area contributed by atoms with Crippen LogP contribution in [0.2, 0.25) is 0 Å². The highest BCUT2D eigenvalue weighted by Crippen LogP contribution is 2.14. The van der Waals surface area contributed by atoms with Gasteiger partial charge in [-0.1, -0.05) is 0 Å². The topological polar surface area (TPSA) is 39.4 Å². The number of rotatable bonds is 5. The highest BCUT2D eigenvalue weighted by Gasteiger charge is 2.27. The molecule has 0 saturated carbocycles. The van der Waals surface area contributed by atoms with Gasteiger partial charge in [0, 0.05) is 0 Å². The summed E-state index contributed by atoms with van der Waals surface area (Å²) < 4.78 is 43.9. The summed E-state index contributed by atoms with van der Waals surface area (Å²) in [6.45, 7) is -1.96. The number of ketones is 1. The number of carbonyl (C=O) groups excluding carboxylic acids is 1. The lowest BCUT2D eigenvalue weighted by molar-refractivity contribution is -0.175. The van der Waals surface area contributed by atoms with E-state index < -0.39 is 25.2 Å². The molecule has 0 aliphatic rings. The van der Waals surface area contributed by atoms with Crippen molar-refractivity contribution in [3.8, 4) is 0 Å². The van der Waals surface area contributed by atoms with E-state index >= 15 is 0 Å². The van der Waals surface area contributed by atoms with Crippen molar-refractivity contribution in [2.24, 2.45) is 0 Å². The third kappa shape index (κ3) is 5.21. The number of hydrogen-bond donors (Lipinski definition) is 0. The minimum absolute atomic E-state index is 0.0507. The third-order valence-electron chi connectivity index (χ3n) is 1.48. The average molecular weight is 222 g/mol. The normalized spacial score (nSPS) is 11.7. The number of hydrogen-bond acceptors (Lipinski definition) is 3. The molecule has 0 spiro atoms. The Morgan fingerprint density at radius 1 is 1.47 bits per heavy atom. The maximum Gasteiger partial charge on any atom is 0.411 e. The first-order chi connectivity index (χ1) is 6.97. The monoisotopic (exact) mass is 222 g/mol. The molecule has 0 aromatic carbocycles. The summed E-state index contributed by atoms with van der Waals surface area (Å²) in [6, 6.07) is 3.17. The second-order valence-electron chi connectivity index (χ2n) is 2.90. The highest BCUT2D eigenvalue weighted by atomic mass is 19.4. The molecule has 1 rings (SSSR count). The van der Waals surface area contributed by atoms with Crippen LogP contribution in [0.25, 0.3) is 0 Å². The Hall–Kier alpha value is -1.30. The first-order valence-corrected chi connectivity index (χ1v) is 4.16. The molecule has 15 heavy (non-hydrogen) atoms. The van der Waals surface area contributed by atoms with Crippen LogP contribution in [0, 0.1) is 0 Å². The zero-order valence-electron chi connectivity index (χ0n) is 7.71. The van der Waals surface area contributed by atoms with E-state index in [1.807, 2.05) is 0 Å². The van der Waals surface area contributed by atoms with Gasteiger partial charge in [0.2, 0.25) is 0 Å². The van der Waals surface area contributed by atoms with E-state index in [9.17, 15) is 18.0 Å². The molecule has 1 aromatic rings. The zero-order chi connectivity index (χ0) is 11.3. The average Bonchev–Trinajstić information content (AvgIpc) is 2.54. The van der Waals surface area contributed by atoms with Crippen LogP contribution in [0.4, 0.5) is 13.2 Å². The first-order valence-electron chi connectivity index (χ1n) is 4.16. The standard InChI is InChI=1S/C9H9F3O3/c10-9(11,12)6-14-5-7(13)4-8-2-1-3-15-8/h1-3H,4-6H2. The Bertz CT molecular complexity index is 303. The molecule has 84 valence electrons. The molecule has 6 heteroatoms.